The van der Waals surface area contributed by atoms with E-state index in [1.54, 1.807) is 4.68 Å². The molecule has 1 aliphatic rings. The maximum Gasteiger partial charge on any atom is 0.233 e. The molecule has 6 nitrogen and oxygen atoms in total. The van der Waals surface area contributed by atoms with Crippen molar-refractivity contribution in [3.63, 3.8) is 0 Å². The standard InChI is InChI=1S/C17H23N5OS/c1-12-8-13(2)10-21(9-12)16(23)11-24-17-18-19-20-22(17)15-7-5-4-6-14(15)3/h4-7,12-13H,8-11H2,1-3H3/t12-,13-/m0/s1. The highest BCUT2D eigenvalue weighted by molar-refractivity contribution is 7.99. The fourth-order valence-corrected chi connectivity index (χ4v) is 4.09. The van der Waals surface area contributed by atoms with Gasteiger partial charge in [0.25, 0.3) is 0 Å². The summed E-state index contributed by atoms with van der Waals surface area (Å²) in [4.78, 5) is 14.5. The number of rotatable bonds is 4. The molecule has 0 spiro atoms. The van der Waals surface area contributed by atoms with Crippen LogP contribution in [0.15, 0.2) is 29.4 Å². The molecule has 1 amide bonds. The Kier molecular flexibility index (Phi) is 5.18. The van der Waals surface area contributed by atoms with Gasteiger partial charge in [0.15, 0.2) is 0 Å². The lowest BCUT2D eigenvalue weighted by molar-refractivity contribution is -0.130. The van der Waals surface area contributed by atoms with Crippen LogP contribution in [-0.2, 0) is 4.79 Å². The summed E-state index contributed by atoms with van der Waals surface area (Å²) in [6, 6.07) is 7.94. The third-order valence-electron chi connectivity index (χ3n) is 4.33. The summed E-state index contributed by atoms with van der Waals surface area (Å²) in [7, 11) is 0. The largest absolute Gasteiger partial charge is 0.341 e. The first kappa shape index (κ1) is 17.0. The van der Waals surface area contributed by atoms with E-state index in [1.165, 1.54) is 18.2 Å². The Morgan fingerprint density at radius 2 is 1.96 bits per heavy atom. The first-order valence-corrected chi connectivity index (χ1v) is 9.28. The van der Waals surface area contributed by atoms with E-state index in [9.17, 15) is 4.79 Å². The lowest BCUT2D eigenvalue weighted by Gasteiger charge is -2.34. The van der Waals surface area contributed by atoms with Gasteiger partial charge >= 0.3 is 0 Å². The summed E-state index contributed by atoms with van der Waals surface area (Å²) in [6.07, 6.45) is 1.20. The third kappa shape index (κ3) is 3.77. The van der Waals surface area contributed by atoms with Crippen LogP contribution in [0.1, 0.15) is 25.8 Å². The zero-order valence-corrected chi connectivity index (χ0v) is 15.2. The van der Waals surface area contributed by atoms with Crippen molar-refractivity contribution in [2.24, 2.45) is 11.8 Å². The molecule has 0 unspecified atom stereocenters. The second-order valence-electron chi connectivity index (χ2n) is 6.69. The molecule has 1 aromatic heterocycles. The van der Waals surface area contributed by atoms with Crippen LogP contribution >= 0.6 is 11.8 Å². The molecule has 1 saturated heterocycles. The topological polar surface area (TPSA) is 63.9 Å². The lowest BCUT2D eigenvalue weighted by atomic mass is 9.92. The summed E-state index contributed by atoms with van der Waals surface area (Å²) >= 11 is 1.40. The molecule has 0 aliphatic carbocycles. The molecular weight excluding hydrogens is 322 g/mol. The lowest BCUT2D eigenvalue weighted by Crippen LogP contribution is -2.43. The summed E-state index contributed by atoms with van der Waals surface area (Å²) in [6.45, 7) is 8.15. The van der Waals surface area contributed by atoms with Crippen LogP contribution in [0.25, 0.3) is 5.69 Å². The van der Waals surface area contributed by atoms with E-state index in [4.69, 9.17) is 0 Å². The van der Waals surface area contributed by atoms with E-state index >= 15 is 0 Å². The number of benzene rings is 1. The summed E-state index contributed by atoms with van der Waals surface area (Å²) in [5.74, 6) is 1.67. The highest BCUT2D eigenvalue weighted by Crippen LogP contribution is 2.24. The molecule has 0 radical (unpaired) electrons. The number of tetrazole rings is 1. The Morgan fingerprint density at radius 1 is 1.25 bits per heavy atom. The zero-order valence-electron chi connectivity index (χ0n) is 14.3. The Labute approximate surface area is 146 Å². The Bertz CT molecular complexity index is 707. The molecule has 128 valence electrons. The number of nitrogens with zero attached hydrogens (tertiary/aromatic N) is 5. The summed E-state index contributed by atoms with van der Waals surface area (Å²) < 4.78 is 1.70. The van der Waals surface area contributed by atoms with Crippen LogP contribution in [0.2, 0.25) is 0 Å². The summed E-state index contributed by atoms with van der Waals surface area (Å²) in [5, 5.41) is 12.6. The SMILES string of the molecule is Cc1ccccc1-n1nnnc1SCC(=O)N1C[C@@H](C)C[C@H](C)C1. The Balaban J connectivity index is 1.67. The van der Waals surface area contributed by atoms with E-state index in [-0.39, 0.29) is 5.91 Å². The van der Waals surface area contributed by atoms with E-state index in [2.05, 4.69) is 29.4 Å². The van der Waals surface area contributed by atoms with Gasteiger partial charge in [-0.05, 0) is 47.2 Å². The second-order valence-corrected chi connectivity index (χ2v) is 7.64. The van der Waals surface area contributed by atoms with Crippen LogP contribution in [0, 0.1) is 18.8 Å². The minimum Gasteiger partial charge on any atom is -0.341 e. The van der Waals surface area contributed by atoms with Gasteiger partial charge in [0, 0.05) is 13.1 Å². The number of hydrogen-bond donors (Lipinski definition) is 0. The Hall–Kier alpha value is -1.89. The molecule has 1 aromatic carbocycles. The Morgan fingerprint density at radius 3 is 2.67 bits per heavy atom. The highest BCUT2D eigenvalue weighted by atomic mass is 32.2. The molecule has 1 fully saturated rings. The second kappa shape index (κ2) is 7.34. The smallest absolute Gasteiger partial charge is 0.233 e. The number of carbonyl (C=O) groups excluding carboxylic acids is 1. The van der Waals surface area contributed by atoms with E-state index in [1.807, 2.05) is 36.1 Å². The molecule has 24 heavy (non-hydrogen) atoms. The number of piperidine rings is 1. The van der Waals surface area contributed by atoms with Crippen molar-refractivity contribution >= 4 is 17.7 Å². The minimum atomic E-state index is 0.165. The van der Waals surface area contributed by atoms with Gasteiger partial charge in [-0.3, -0.25) is 4.79 Å². The van der Waals surface area contributed by atoms with E-state index < -0.39 is 0 Å². The van der Waals surface area contributed by atoms with Gasteiger partial charge in [0.2, 0.25) is 11.1 Å². The van der Waals surface area contributed by atoms with E-state index in [0.717, 1.165) is 24.3 Å². The average molecular weight is 345 g/mol. The number of para-hydroxylation sites is 1. The number of aromatic nitrogens is 4. The van der Waals surface area contributed by atoms with Crippen molar-refractivity contribution in [2.45, 2.75) is 32.3 Å². The number of amides is 1. The number of hydrogen-bond acceptors (Lipinski definition) is 5. The molecule has 7 heteroatoms. The fraction of sp³-hybridized carbons (Fsp3) is 0.529. The van der Waals surface area contributed by atoms with Crippen molar-refractivity contribution in [3.8, 4) is 5.69 Å². The van der Waals surface area contributed by atoms with Crippen molar-refractivity contribution in [2.75, 3.05) is 18.8 Å². The van der Waals surface area contributed by atoms with Gasteiger partial charge in [0.1, 0.15) is 0 Å². The van der Waals surface area contributed by atoms with Crippen LogP contribution in [0.4, 0.5) is 0 Å². The molecule has 3 rings (SSSR count). The molecule has 1 aliphatic heterocycles. The quantitative estimate of drug-likeness (QED) is 0.797. The monoisotopic (exact) mass is 345 g/mol. The maximum absolute atomic E-state index is 12.5. The molecule has 0 saturated carbocycles. The van der Waals surface area contributed by atoms with Crippen molar-refractivity contribution in [1.82, 2.24) is 25.1 Å². The number of likely N-dealkylation sites (tertiary alicyclic amines) is 1. The molecule has 2 atom stereocenters. The van der Waals surface area contributed by atoms with Crippen LogP contribution in [0.5, 0.6) is 0 Å². The fourth-order valence-electron chi connectivity index (χ4n) is 3.31. The van der Waals surface area contributed by atoms with Gasteiger partial charge in [-0.1, -0.05) is 43.8 Å². The molecule has 0 N–H and O–H groups in total. The summed E-state index contributed by atoms with van der Waals surface area (Å²) in [5.41, 5.74) is 2.04. The first-order chi connectivity index (χ1) is 11.5. The van der Waals surface area contributed by atoms with Crippen LogP contribution < -0.4 is 0 Å². The predicted molar refractivity (Wildman–Crippen MR) is 94.1 cm³/mol. The van der Waals surface area contributed by atoms with Gasteiger partial charge in [-0.25, -0.2) is 0 Å². The zero-order chi connectivity index (χ0) is 17.1. The first-order valence-electron chi connectivity index (χ1n) is 8.29. The van der Waals surface area contributed by atoms with Gasteiger partial charge in [-0.2, -0.15) is 4.68 Å². The number of thioether (sulfide) groups is 1. The van der Waals surface area contributed by atoms with Crippen molar-refractivity contribution in [3.05, 3.63) is 29.8 Å². The highest BCUT2D eigenvalue weighted by Gasteiger charge is 2.25. The number of aryl methyl sites for hydroxylation is 1. The maximum atomic E-state index is 12.5. The predicted octanol–water partition coefficient (Wildman–Crippen LogP) is 2.57. The van der Waals surface area contributed by atoms with Crippen molar-refractivity contribution < 1.29 is 4.79 Å². The van der Waals surface area contributed by atoms with Crippen LogP contribution in [0.3, 0.4) is 0 Å². The molecule has 2 heterocycles. The van der Waals surface area contributed by atoms with Gasteiger partial charge in [-0.15, -0.1) is 5.10 Å². The number of carbonyl (C=O) groups is 1. The van der Waals surface area contributed by atoms with E-state index in [0.29, 0.717) is 22.7 Å². The molecule has 2 aromatic rings. The third-order valence-corrected chi connectivity index (χ3v) is 5.23. The van der Waals surface area contributed by atoms with Crippen molar-refractivity contribution in [1.29, 1.82) is 0 Å². The molecule has 0 bridgehead atoms. The van der Waals surface area contributed by atoms with Gasteiger partial charge in [0.05, 0.1) is 11.4 Å². The minimum absolute atomic E-state index is 0.165. The van der Waals surface area contributed by atoms with Gasteiger partial charge < -0.3 is 4.90 Å². The normalized spacial score (nSPS) is 21.0. The van der Waals surface area contributed by atoms with Crippen LogP contribution in [-0.4, -0.2) is 49.9 Å². The average Bonchev–Trinajstić information content (AvgIpc) is 3.00. The molecular formula is C17H23N5OS.